The van der Waals surface area contributed by atoms with Crippen LogP contribution in [0.1, 0.15) is 23.6 Å². The first-order valence-corrected chi connectivity index (χ1v) is 8.75. The van der Waals surface area contributed by atoms with E-state index in [1.165, 1.54) is 0 Å². The third-order valence-corrected chi connectivity index (χ3v) is 4.34. The number of aliphatic hydroxyl groups excluding tert-OH is 1. The Hall–Kier alpha value is -3.19. The molecule has 0 radical (unpaired) electrons. The van der Waals surface area contributed by atoms with Crippen molar-refractivity contribution in [2.24, 2.45) is 0 Å². The van der Waals surface area contributed by atoms with Gasteiger partial charge in [-0.2, -0.15) is 0 Å². The molecular formula is C20H21N3O4. The monoisotopic (exact) mass is 367 g/mol. The number of fused-ring (bicyclic) bond motifs is 1. The van der Waals surface area contributed by atoms with Crippen molar-refractivity contribution in [1.82, 2.24) is 10.6 Å². The first kappa shape index (κ1) is 18.6. The lowest BCUT2D eigenvalue weighted by atomic mass is 10.1. The van der Waals surface area contributed by atoms with E-state index in [4.69, 9.17) is 5.11 Å². The highest BCUT2D eigenvalue weighted by Crippen LogP contribution is 2.36. The number of para-hydroxylation sites is 1. The van der Waals surface area contributed by atoms with Gasteiger partial charge in [-0.1, -0.05) is 48.5 Å². The van der Waals surface area contributed by atoms with Crippen molar-refractivity contribution in [3.8, 4) is 0 Å². The normalized spacial score (nSPS) is 15.4. The third-order valence-electron chi connectivity index (χ3n) is 4.34. The molecule has 0 spiro atoms. The molecule has 7 nitrogen and oxygen atoms in total. The number of hydrogen-bond donors (Lipinski definition) is 3. The second-order valence-corrected chi connectivity index (χ2v) is 6.21. The van der Waals surface area contributed by atoms with Crippen molar-refractivity contribution in [2.45, 2.75) is 19.0 Å². The zero-order valence-corrected chi connectivity index (χ0v) is 14.7. The van der Waals surface area contributed by atoms with Gasteiger partial charge in [-0.05, 0) is 18.1 Å². The van der Waals surface area contributed by atoms with Crippen molar-refractivity contribution in [3.05, 3.63) is 65.7 Å². The van der Waals surface area contributed by atoms with Gasteiger partial charge in [0.2, 0.25) is 0 Å². The topological polar surface area (TPSA) is 98.7 Å². The van der Waals surface area contributed by atoms with Crippen LogP contribution in [0.25, 0.3) is 0 Å². The molecule has 0 aromatic heterocycles. The molecule has 0 fully saturated rings. The van der Waals surface area contributed by atoms with Gasteiger partial charge in [0.15, 0.2) is 0 Å². The standard InChI is InChI=1S/C20H21N3O4/c24-12-6-11-21-18(25)19(26)22-17-15-9-4-5-10-16(15)23(20(17)27)13-14-7-2-1-3-8-14/h1-5,7-10,17,24H,6,11-13H2,(H,21,25)(H,22,26)/t17-/m1/s1. The summed E-state index contributed by atoms with van der Waals surface area (Å²) in [6.45, 7) is 0.495. The van der Waals surface area contributed by atoms with Gasteiger partial charge in [0.05, 0.1) is 6.54 Å². The van der Waals surface area contributed by atoms with Crippen LogP contribution in [-0.4, -0.2) is 36.0 Å². The highest BCUT2D eigenvalue weighted by molar-refractivity contribution is 6.35. The van der Waals surface area contributed by atoms with E-state index < -0.39 is 17.9 Å². The molecule has 27 heavy (non-hydrogen) atoms. The number of rotatable bonds is 6. The Labute approximate surface area is 157 Å². The fraction of sp³-hybridized carbons (Fsp3) is 0.250. The van der Waals surface area contributed by atoms with Crippen molar-refractivity contribution in [2.75, 3.05) is 18.1 Å². The quantitative estimate of drug-likeness (QED) is 0.522. The third kappa shape index (κ3) is 4.15. The predicted molar refractivity (Wildman–Crippen MR) is 99.7 cm³/mol. The minimum absolute atomic E-state index is 0.0785. The Morgan fingerprint density at radius 2 is 1.70 bits per heavy atom. The van der Waals surface area contributed by atoms with Gasteiger partial charge >= 0.3 is 11.8 Å². The Bertz CT molecular complexity index is 838. The van der Waals surface area contributed by atoms with Gasteiger partial charge in [0.25, 0.3) is 5.91 Å². The summed E-state index contributed by atoms with van der Waals surface area (Å²) in [4.78, 5) is 38.6. The lowest BCUT2D eigenvalue weighted by molar-refractivity contribution is -0.140. The summed E-state index contributed by atoms with van der Waals surface area (Å²) in [7, 11) is 0. The van der Waals surface area contributed by atoms with Crippen LogP contribution in [0, 0.1) is 0 Å². The maximum atomic E-state index is 12.9. The summed E-state index contributed by atoms with van der Waals surface area (Å²) < 4.78 is 0. The van der Waals surface area contributed by atoms with E-state index in [9.17, 15) is 14.4 Å². The highest BCUT2D eigenvalue weighted by Gasteiger charge is 2.38. The SMILES string of the molecule is O=C(NCCCO)C(=O)N[C@H]1C(=O)N(Cc2ccccc2)c2ccccc21. The predicted octanol–water partition coefficient (Wildman–Crippen LogP) is 0.889. The lowest BCUT2D eigenvalue weighted by Crippen LogP contribution is -2.44. The largest absolute Gasteiger partial charge is 0.396 e. The van der Waals surface area contributed by atoms with Gasteiger partial charge in [-0.3, -0.25) is 14.4 Å². The summed E-state index contributed by atoms with van der Waals surface area (Å²) >= 11 is 0. The number of amides is 3. The number of nitrogens with one attached hydrogen (secondary N) is 2. The molecule has 3 amide bonds. The van der Waals surface area contributed by atoms with Crippen LogP contribution in [0.4, 0.5) is 5.69 Å². The summed E-state index contributed by atoms with van der Waals surface area (Å²) in [5.41, 5.74) is 2.35. The molecule has 0 unspecified atom stereocenters. The van der Waals surface area contributed by atoms with E-state index in [1.807, 2.05) is 42.5 Å². The number of benzene rings is 2. The molecule has 3 rings (SSSR count). The number of aliphatic hydroxyl groups is 1. The second kappa shape index (κ2) is 8.46. The minimum Gasteiger partial charge on any atom is -0.396 e. The molecule has 2 aromatic carbocycles. The number of hydrogen-bond acceptors (Lipinski definition) is 4. The Kier molecular flexibility index (Phi) is 5.83. The fourth-order valence-electron chi connectivity index (χ4n) is 3.01. The molecule has 0 saturated carbocycles. The van der Waals surface area contributed by atoms with E-state index in [0.717, 1.165) is 11.3 Å². The molecule has 1 aliphatic rings. The van der Waals surface area contributed by atoms with Gasteiger partial charge in [0.1, 0.15) is 6.04 Å². The summed E-state index contributed by atoms with van der Waals surface area (Å²) in [6.07, 6.45) is 0.356. The maximum absolute atomic E-state index is 12.9. The number of anilines is 1. The van der Waals surface area contributed by atoms with E-state index in [0.29, 0.717) is 18.5 Å². The maximum Gasteiger partial charge on any atom is 0.310 e. The number of carbonyl (C=O) groups excluding carboxylic acids is 3. The first-order chi connectivity index (χ1) is 13.1. The molecule has 1 atom stereocenters. The van der Waals surface area contributed by atoms with Crippen LogP contribution in [0.2, 0.25) is 0 Å². The Balaban J connectivity index is 1.75. The van der Waals surface area contributed by atoms with Gasteiger partial charge in [-0.15, -0.1) is 0 Å². The van der Waals surface area contributed by atoms with E-state index >= 15 is 0 Å². The van der Waals surface area contributed by atoms with Crippen LogP contribution in [0.5, 0.6) is 0 Å². The van der Waals surface area contributed by atoms with Gasteiger partial charge < -0.3 is 20.6 Å². The molecular weight excluding hydrogens is 346 g/mol. The molecule has 0 saturated heterocycles. The van der Waals surface area contributed by atoms with Crippen LogP contribution in [0.15, 0.2) is 54.6 Å². The average Bonchev–Trinajstić information content (AvgIpc) is 2.95. The zero-order chi connectivity index (χ0) is 19.2. The second-order valence-electron chi connectivity index (χ2n) is 6.21. The smallest absolute Gasteiger partial charge is 0.310 e. The van der Waals surface area contributed by atoms with E-state index in [2.05, 4.69) is 10.6 Å². The highest BCUT2D eigenvalue weighted by atomic mass is 16.3. The molecule has 2 aromatic rings. The Morgan fingerprint density at radius 1 is 1.00 bits per heavy atom. The fourth-order valence-corrected chi connectivity index (χ4v) is 3.01. The summed E-state index contributed by atoms with van der Waals surface area (Å²) in [6, 6.07) is 15.9. The molecule has 0 aliphatic carbocycles. The van der Waals surface area contributed by atoms with E-state index in [1.54, 1.807) is 17.0 Å². The van der Waals surface area contributed by atoms with Crippen molar-refractivity contribution >= 4 is 23.4 Å². The zero-order valence-electron chi connectivity index (χ0n) is 14.7. The molecule has 3 N–H and O–H groups in total. The molecule has 0 bridgehead atoms. The Morgan fingerprint density at radius 3 is 2.44 bits per heavy atom. The van der Waals surface area contributed by atoms with Crippen LogP contribution in [0.3, 0.4) is 0 Å². The van der Waals surface area contributed by atoms with E-state index in [-0.39, 0.29) is 19.1 Å². The number of carbonyl (C=O) groups is 3. The minimum atomic E-state index is -0.902. The average molecular weight is 367 g/mol. The molecule has 1 aliphatic heterocycles. The molecule has 140 valence electrons. The van der Waals surface area contributed by atoms with Gasteiger partial charge in [0, 0.05) is 24.4 Å². The molecule has 1 heterocycles. The summed E-state index contributed by atoms with van der Waals surface area (Å²) in [5.74, 6) is -1.98. The van der Waals surface area contributed by atoms with Crippen molar-refractivity contribution < 1.29 is 19.5 Å². The first-order valence-electron chi connectivity index (χ1n) is 8.75. The van der Waals surface area contributed by atoms with Crippen molar-refractivity contribution in [3.63, 3.8) is 0 Å². The summed E-state index contributed by atoms with van der Waals surface area (Å²) in [5, 5.41) is 13.7. The van der Waals surface area contributed by atoms with Crippen LogP contribution in [-0.2, 0) is 20.9 Å². The number of nitrogens with zero attached hydrogens (tertiary/aromatic N) is 1. The van der Waals surface area contributed by atoms with Crippen LogP contribution < -0.4 is 15.5 Å². The van der Waals surface area contributed by atoms with Crippen molar-refractivity contribution in [1.29, 1.82) is 0 Å². The molecule has 7 heteroatoms. The lowest BCUT2D eigenvalue weighted by Gasteiger charge is -2.18. The van der Waals surface area contributed by atoms with Gasteiger partial charge in [-0.25, -0.2) is 0 Å². The van der Waals surface area contributed by atoms with Crippen LogP contribution >= 0.6 is 0 Å².